The van der Waals surface area contributed by atoms with Gasteiger partial charge in [0.05, 0.1) is 24.3 Å². The summed E-state index contributed by atoms with van der Waals surface area (Å²) in [6.45, 7) is 0.384. The molecule has 5 aromatic rings. The van der Waals surface area contributed by atoms with E-state index in [9.17, 15) is 9.59 Å². The first kappa shape index (κ1) is 22.2. The topological polar surface area (TPSA) is 108 Å². The van der Waals surface area contributed by atoms with Crippen molar-refractivity contribution in [1.82, 2.24) is 30.0 Å². The maximum Gasteiger partial charge on any atom is 0.263 e. The van der Waals surface area contributed by atoms with Gasteiger partial charge in [-0.3, -0.25) is 14.7 Å². The first-order chi connectivity index (χ1) is 17.1. The van der Waals surface area contributed by atoms with Crippen LogP contribution in [0.2, 0.25) is 5.15 Å². The molecule has 0 aliphatic carbocycles. The maximum absolute atomic E-state index is 12.8. The van der Waals surface area contributed by atoms with E-state index in [1.165, 1.54) is 10.6 Å². The lowest BCUT2D eigenvalue weighted by Gasteiger charge is -2.08. The van der Waals surface area contributed by atoms with Crippen LogP contribution in [-0.4, -0.2) is 37.2 Å². The van der Waals surface area contributed by atoms with Gasteiger partial charge in [-0.15, -0.1) is 0 Å². The monoisotopic (exact) mass is 482 g/mol. The number of aromatic nitrogens is 5. The summed E-state index contributed by atoms with van der Waals surface area (Å²) in [5.41, 5.74) is 3.88. The minimum absolute atomic E-state index is 0.0481. The van der Waals surface area contributed by atoms with Gasteiger partial charge in [-0.05, 0) is 54.1 Å². The predicted octanol–water partition coefficient (Wildman–Crippen LogP) is 3.60. The molecule has 0 aliphatic heterocycles. The van der Waals surface area contributed by atoms with E-state index in [2.05, 4.69) is 37.3 Å². The molecule has 0 saturated carbocycles. The van der Waals surface area contributed by atoms with Gasteiger partial charge in [0.2, 0.25) is 0 Å². The number of aromatic amines is 2. The second-order valence-corrected chi connectivity index (χ2v) is 8.13. The molecule has 1 aromatic carbocycles. The zero-order valence-corrected chi connectivity index (χ0v) is 19.1. The minimum atomic E-state index is -0.479. The fourth-order valence-corrected chi connectivity index (χ4v) is 3.79. The van der Waals surface area contributed by atoms with Crippen molar-refractivity contribution in [3.8, 4) is 23.2 Å². The van der Waals surface area contributed by atoms with Crippen LogP contribution in [-0.2, 0) is 6.54 Å². The molecule has 3 N–H and O–H groups in total. The summed E-state index contributed by atoms with van der Waals surface area (Å²) in [7, 11) is 0. The van der Waals surface area contributed by atoms with Gasteiger partial charge >= 0.3 is 0 Å². The third kappa shape index (κ3) is 4.86. The van der Waals surface area contributed by atoms with Gasteiger partial charge in [0.15, 0.2) is 0 Å². The van der Waals surface area contributed by atoms with Crippen molar-refractivity contribution < 1.29 is 4.79 Å². The van der Waals surface area contributed by atoms with E-state index in [4.69, 9.17) is 11.6 Å². The van der Waals surface area contributed by atoms with E-state index >= 15 is 0 Å². The van der Waals surface area contributed by atoms with Crippen molar-refractivity contribution in [1.29, 1.82) is 0 Å². The molecule has 0 unspecified atom stereocenters. The number of benzene rings is 1. The summed E-state index contributed by atoms with van der Waals surface area (Å²) >= 11 is 5.81. The Balaban J connectivity index is 1.24. The van der Waals surface area contributed by atoms with Gasteiger partial charge in [0.1, 0.15) is 16.4 Å². The van der Waals surface area contributed by atoms with Crippen LogP contribution in [0.1, 0.15) is 21.5 Å². The fourth-order valence-electron chi connectivity index (χ4n) is 3.68. The molecule has 0 saturated heterocycles. The van der Waals surface area contributed by atoms with Crippen LogP contribution >= 0.6 is 11.6 Å². The molecule has 0 bridgehead atoms. The molecule has 5 rings (SSSR count). The first-order valence-electron chi connectivity index (χ1n) is 10.8. The normalized spacial score (nSPS) is 10.7. The van der Waals surface area contributed by atoms with Crippen molar-refractivity contribution in [3.05, 3.63) is 105 Å². The van der Waals surface area contributed by atoms with Gasteiger partial charge < -0.3 is 14.9 Å². The van der Waals surface area contributed by atoms with Crippen molar-refractivity contribution in [3.63, 3.8) is 0 Å². The van der Waals surface area contributed by atoms with Crippen molar-refractivity contribution in [2.24, 2.45) is 0 Å². The van der Waals surface area contributed by atoms with Gasteiger partial charge in [-0.25, -0.2) is 4.98 Å². The Labute approximate surface area is 205 Å². The highest BCUT2D eigenvalue weighted by molar-refractivity contribution is 6.29. The van der Waals surface area contributed by atoms with Gasteiger partial charge in [-0.2, -0.15) is 5.10 Å². The Hall–Kier alpha value is -4.61. The predicted molar refractivity (Wildman–Crippen MR) is 134 cm³/mol. The van der Waals surface area contributed by atoms with Crippen LogP contribution in [0.25, 0.3) is 22.3 Å². The van der Waals surface area contributed by atoms with Gasteiger partial charge in [0.25, 0.3) is 11.5 Å². The summed E-state index contributed by atoms with van der Waals surface area (Å²) in [5.74, 6) is 5.48. The van der Waals surface area contributed by atoms with Crippen LogP contribution in [0.4, 0.5) is 0 Å². The number of nitrogens with one attached hydrogen (secondary N) is 3. The Morgan fingerprint density at radius 2 is 2.06 bits per heavy atom. The number of carbonyl (C=O) groups is 1. The molecule has 0 spiro atoms. The molecular formula is C26H19ClN6O2. The summed E-state index contributed by atoms with van der Waals surface area (Å²) in [6, 6.07) is 16.2. The zero-order valence-electron chi connectivity index (χ0n) is 18.4. The number of hydrogen-bond acceptors (Lipinski definition) is 4. The standard InChI is InChI=1S/C26H19ClN6O2/c27-23-10-8-18(15-30-23)16-33-13-3-5-20(26(33)35)25(34)29-12-1-4-17-7-9-19-22(14-17)31-32-24(19)21-6-2-11-28-21/h2-3,5-11,13-15,28H,12,16H2,(H,29,34)(H,31,32). The summed E-state index contributed by atoms with van der Waals surface area (Å²) in [4.78, 5) is 32.5. The number of H-pyrrole nitrogens is 2. The zero-order chi connectivity index (χ0) is 24.2. The molecule has 1 amide bonds. The summed E-state index contributed by atoms with van der Waals surface area (Å²) in [6.07, 6.45) is 5.07. The quantitative estimate of drug-likeness (QED) is 0.263. The molecule has 4 aromatic heterocycles. The number of halogens is 1. The second kappa shape index (κ2) is 9.71. The Morgan fingerprint density at radius 3 is 2.86 bits per heavy atom. The van der Waals surface area contributed by atoms with Crippen LogP contribution in [0.3, 0.4) is 0 Å². The SMILES string of the molecule is O=C(NCC#Cc1ccc2c(-c3ccc[nH]3)n[nH]c2c1)c1cccn(Cc2ccc(Cl)nc2)c1=O. The number of rotatable bonds is 5. The fraction of sp³-hybridized carbons (Fsp3) is 0.0769. The van der Waals surface area contributed by atoms with Crippen LogP contribution in [0, 0.1) is 11.8 Å². The lowest BCUT2D eigenvalue weighted by molar-refractivity contribution is 0.0956. The molecular weight excluding hydrogens is 464 g/mol. The van der Waals surface area contributed by atoms with E-state index in [-0.39, 0.29) is 18.7 Å². The number of amides is 1. The molecule has 0 atom stereocenters. The van der Waals surface area contributed by atoms with Crippen molar-refractivity contribution >= 4 is 28.4 Å². The van der Waals surface area contributed by atoms with E-state index in [0.29, 0.717) is 5.15 Å². The van der Waals surface area contributed by atoms with Crippen molar-refractivity contribution in [2.75, 3.05) is 6.54 Å². The molecule has 172 valence electrons. The molecule has 0 fully saturated rings. The highest BCUT2D eigenvalue weighted by atomic mass is 35.5. The molecule has 0 radical (unpaired) electrons. The third-order valence-electron chi connectivity index (χ3n) is 5.39. The Morgan fingerprint density at radius 1 is 1.14 bits per heavy atom. The molecule has 4 heterocycles. The summed E-state index contributed by atoms with van der Waals surface area (Å²) < 4.78 is 1.45. The lowest BCUT2D eigenvalue weighted by atomic mass is 10.1. The number of fused-ring (bicyclic) bond motifs is 1. The molecule has 0 aliphatic rings. The van der Waals surface area contributed by atoms with Crippen LogP contribution in [0.15, 0.2) is 78.0 Å². The first-order valence-corrected chi connectivity index (χ1v) is 11.1. The number of carbonyl (C=O) groups excluding carboxylic acids is 1. The summed E-state index contributed by atoms with van der Waals surface area (Å²) in [5, 5.41) is 11.5. The minimum Gasteiger partial charge on any atom is -0.360 e. The number of pyridine rings is 2. The van der Waals surface area contributed by atoms with E-state index < -0.39 is 11.5 Å². The van der Waals surface area contributed by atoms with E-state index in [1.807, 2.05) is 36.5 Å². The highest BCUT2D eigenvalue weighted by Gasteiger charge is 2.12. The highest BCUT2D eigenvalue weighted by Crippen LogP contribution is 2.25. The van der Waals surface area contributed by atoms with E-state index in [0.717, 1.165) is 33.4 Å². The van der Waals surface area contributed by atoms with Gasteiger partial charge in [0, 0.05) is 29.5 Å². The molecule has 8 nitrogen and oxygen atoms in total. The largest absolute Gasteiger partial charge is 0.360 e. The average molecular weight is 483 g/mol. The number of nitrogens with zero attached hydrogens (tertiary/aromatic N) is 3. The third-order valence-corrected chi connectivity index (χ3v) is 5.62. The van der Waals surface area contributed by atoms with Crippen LogP contribution in [0.5, 0.6) is 0 Å². The lowest BCUT2D eigenvalue weighted by Crippen LogP contribution is -2.33. The molecule has 9 heteroatoms. The van der Waals surface area contributed by atoms with E-state index in [1.54, 1.807) is 30.6 Å². The number of hydrogen-bond donors (Lipinski definition) is 3. The Kier molecular flexibility index (Phi) is 6.16. The van der Waals surface area contributed by atoms with Crippen molar-refractivity contribution in [2.45, 2.75) is 6.54 Å². The Bertz CT molecular complexity index is 1620. The second-order valence-electron chi connectivity index (χ2n) is 7.74. The smallest absolute Gasteiger partial charge is 0.263 e. The molecule has 35 heavy (non-hydrogen) atoms. The average Bonchev–Trinajstić information content (AvgIpc) is 3.54. The maximum atomic E-state index is 12.8. The van der Waals surface area contributed by atoms with Gasteiger partial charge in [-0.1, -0.05) is 29.5 Å². The van der Waals surface area contributed by atoms with Crippen LogP contribution < -0.4 is 10.9 Å².